The number of thiazole rings is 1. The molecule has 0 aliphatic carbocycles. The second-order valence-electron chi connectivity index (χ2n) is 5.04. The maximum atomic E-state index is 12.1. The number of hydrogen-bond acceptors (Lipinski definition) is 6. The fourth-order valence-corrected chi connectivity index (χ4v) is 2.40. The van der Waals surface area contributed by atoms with Crippen molar-refractivity contribution >= 4 is 17.3 Å². The number of aryl methyl sites for hydroxylation is 1. The summed E-state index contributed by atoms with van der Waals surface area (Å²) in [7, 11) is 0. The lowest BCUT2D eigenvalue weighted by atomic mass is 10.1. The van der Waals surface area contributed by atoms with Crippen molar-refractivity contribution in [2.24, 2.45) is 5.92 Å². The van der Waals surface area contributed by atoms with Gasteiger partial charge in [0.05, 0.1) is 5.69 Å². The molecule has 2 aromatic heterocycles. The Bertz CT molecular complexity index is 575. The number of hydrogen-bond donors (Lipinski definition) is 0. The zero-order chi connectivity index (χ0) is 14.7. The molecule has 0 saturated heterocycles. The molecule has 20 heavy (non-hydrogen) atoms. The second-order valence-corrected chi connectivity index (χ2v) is 5.96. The van der Waals surface area contributed by atoms with Gasteiger partial charge in [0.15, 0.2) is 12.0 Å². The smallest absolute Gasteiger partial charge is 0.376 e. The molecular weight excluding hydrogens is 276 g/mol. The number of oxazole rings is 1. The normalized spacial score (nSPS) is 12.7. The van der Waals surface area contributed by atoms with E-state index in [0.29, 0.717) is 23.9 Å². The van der Waals surface area contributed by atoms with Crippen LogP contribution in [0.1, 0.15) is 54.0 Å². The minimum absolute atomic E-state index is 0.184. The molecular formula is C14H18N2O3S. The molecule has 0 aromatic carbocycles. The minimum atomic E-state index is -0.493. The van der Waals surface area contributed by atoms with Gasteiger partial charge in [0.1, 0.15) is 5.01 Å². The van der Waals surface area contributed by atoms with E-state index in [2.05, 4.69) is 23.8 Å². The van der Waals surface area contributed by atoms with Gasteiger partial charge in [-0.25, -0.2) is 14.8 Å². The third kappa shape index (κ3) is 3.45. The van der Waals surface area contributed by atoms with Gasteiger partial charge in [-0.05, 0) is 19.8 Å². The van der Waals surface area contributed by atoms with Crippen molar-refractivity contribution in [2.75, 3.05) is 0 Å². The Kier molecular flexibility index (Phi) is 4.54. The van der Waals surface area contributed by atoms with E-state index >= 15 is 0 Å². The first-order chi connectivity index (χ1) is 9.47. The first kappa shape index (κ1) is 14.7. The molecule has 2 rings (SSSR count). The molecule has 2 aromatic rings. The molecule has 0 saturated carbocycles. The highest BCUT2D eigenvalue weighted by molar-refractivity contribution is 7.09. The van der Waals surface area contributed by atoms with Gasteiger partial charge in [0, 0.05) is 18.0 Å². The number of nitrogens with zero attached hydrogens (tertiary/aromatic N) is 2. The van der Waals surface area contributed by atoms with Crippen LogP contribution in [0.15, 0.2) is 16.0 Å². The zero-order valence-electron chi connectivity index (χ0n) is 12.0. The molecule has 2 heterocycles. The van der Waals surface area contributed by atoms with E-state index in [-0.39, 0.29) is 11.9 Å². The van der Waals surface area contributed by atoms with E-state index in [9.17, 15) is 4.79 Å². The number of carbonyl (C=O) groups excluding carboxylic acids is 1. The first-order valence-corrected chi connectivity index (χ1v) is 7.42. The molecule has 1 atom stereocenters. The Balaban J connectivity index is 2.07. The third-order valence-electron chi connectivity index (χ3n) is 2.69. The molecule has 0 fully saturated rings. The Morgan fingerprint density at radius 2 is 2.20 bits per heavy atom. The van der Waals surface area contributed by atoms with Crippen LogP contribution in [0.5, 0.6) is 0 Å². The molecule has 1 unspecified atom stereocenters. The van der Waals surface area contributed by atoms with Gasteiger partial charge in [0.2, 0.25) is 5.76 Å². The Morgan fingerprint density at radius 1 is 1.45 bits per heavy atom. The first-order valence-electron chi connectivity index (χ1n) is 6.54. The quantitative estimate of drug-likeness (QED) is 0.789. The third-order valence-corrected chi connectivity index (χ3v) is 3.63. The van der Waals surface area contributed by atoms with Gasteiger partial charge in [-0.15, -0.1) is 11.3 Å². The highest BCUT2D eigenvalue weighted by Gasteiger charge is 2.22. The summed E-state index contributed by atoms with van der Waals surface area (Å²) in [4.78, 5) is 20.5. The van der Waals surface area contributed by atoms with Crippen LogP contribution >= 0.6 is 11.3 Å². The highest BCUT2D eigenvalue weighted by Crippen LogP contribution is 2.22. The Labute approximate surface area is 122 Å². The number of ether oxygens (including phenoxy) is 1. The van der Waals surface area contributed by atoms with Crippen molar-refractivity contribution in [3.05, 3.63) is 33.9 Å². The monoisotopic (exact) mass is 294 g/mol. The van der Waals surface area contributed by atoms with Gasteiger partial charge < -0.3 is 9.15 Å². The van der Waals surface area contributed by atoms with E-state index in [4.69, 9.17) is 9.15 Å². The van der Waals surface area contributed by atoms with E-state index in [1.54, 1.807) is 20.0 Å². The fourth-order valence-electron chi connectivity index (χ4n) is 1.78. The van der Waals surface area contributed by atoms with Gasteiger partial charge in [0.25, 0.3) is 0 Å². The Hall–Kier alpha value is -1.69. The van der Waals surface area contributed by atoms with Crippen LogP contribution in [-0.2, 0) is 11.2 Å². The van der Waals surface area contributed by atoms with E-state index in [1.807, 2.05) is 5.38 Å². The van der Waals surface area contributed by atoms with Crippen LogP contribution in [0.4, 0.5) is 0 Å². The summed E-state index contributed by atoms with van der Waals surface area (Å²) in [5, 5.41) is 2.61. The van der Waals surface area contributed by atoms with Crippen molar-refractivity contribution in [1.29, 1.82) is 0 Å². The molecule has 0 spiro atoms. The molecule has 0 aliphatic heterocycles. The van der Waals surface area contributed by atoms with E-state index in [1.165, 1.54) is 11.3 Å². The fraction of sp³-hybridized carbons (Fsp3) is 0.500. The number of rotatable bonds is 5. The molecule has 108 valence electrons. The van der Waals surface area contributed by atoms with Crippen LogP contribution in [-0.4, -0.2) is 15.9 Å². The molecule has 0 bridgehead atoms. The summed E-state index contributed by atoms with van der Waals surface area (Å²) >= 11 is 1.45. The van der Waals surface area contributed by atoms with E-state index < -0.39 is 5.97 Å². The molecule has 6 heteroatoms. The van der Waals surface area contributed by atoms with Crippen LogP contribution < -0.4 is 0 Å². The van der Waals surface area contributed by atoms with Gasteiger partial charge in [-0.2, -0.15) is 0 Å². The predicted octanol–water partition coefficient (Wildman–Crippen LogP) is 3.56. The van der Waals surface area contributed by atoms with Crippen molar-refractivity contribution in [3.63, 3.8) is 0 Å². The Morgan fingerprint density at radius 3 is 2.80 bits per heavy atom. The molecule has 0 radical (unpaired) electrons. The number of aromatic nitrogens is 2. The lowest BCUT2D eigenvalue weighted by Gasteiger charge is -2.09. The summed E-state index contributed by atoms with van der Waals surface area (Å²) in [6, 6.07) is 0. The number of esters is 1. The molecule has 0 amide bonds. The minimum Gasteiger partial charge on any atom is -0.449 e. The maximum absolute atomic E-state index is 12.1. The summed E-state index contributed by atoms with van der Waals surface area (Å²) in [6.45, 7) is 7.68. The summed E-state index contributed by atoms with van der Waals surface area (Å²) in [5.74, 6) is 0.689. The van der Waals surface area contributed by atoms with Crippen LogP contribution in [0.3, 0.4) is 0 Å². The van der Waals surface area contributed by atoms with Crippen LogP contribution in [0.2, 0.25) is 0 Å². The van der Waals surface area contributed by atoms with Crippen molar-refractivity contribution < 1.29 is 13.9 Å². The van der Waals surface area contributed by atoms with Crippen LogP contribution in [0, 0.1) is 12.8 Å². The van der Waals surface area contributed by atoms with Crippen LogP contribution in [0.25, 0.3) is 0 Å². The van der Waals surface area contributed by atoms with Crippen molar-refractivity contribution in [2.45, 2.75) is 40.2 Å². The standard InChI is InChI=1S/C14H18N2O3S/c1-8(2)7-11-16-9(3)12(19-11)14(17)18-10(4)13-15-5-6-20-13/h5-6,8,10H,7H2,1-4H3. The van der Waals surface area contributed by atoms with Crippen molar-refractivity contribution in [1.82, 2.24) is 9.97 Å². The van der Waals surface area contributed by atoms with Gasteiger partial charge >= 0.3 is 5.97 Å². The summed E-state index contributed by atoms with van der Waals surface area (Å²) < 4.78 is 10.9. The average Bonchev–Trinajstić information content (AvgIpc) is 2.97. The predicted molar refractivity (Wildman–Crippen MR) is 75.7 cm³/mol. The molecule has 0 aliphatic rings. The molecule has 5 nitrogen and oxygen atoms in total. The highest BCUT2D eigenvalue weighted by atomic mass is 32.1. The number of carbonyl (C=O) groups is 1. The van der Waals surface area contributed by atoms with E-state index in [0.717, 1.165) is 5.01 Å². The molecule has 0 N–H and O–H groups in total. The topological polar surface area (TPSA) is 65.2 Å². The SMILES string of the molecule is Cc1nc(CC(C)C)oc1C(=O)OC(C)c1nccs1. The lowest BCUT2D eigenvalue weighted by Crippen LogP contribution is -2.09. The largest absolute Gasteiger partial charge is 0.449 e. The van der Waals surface area contributed by atoms with Gasteiger partial charge in [-0.1, -0.05) is 13.8 Å². The summed E-state index contributed by atoms with van der Waals surface area (Å²) in [5.41, 5.74) is 0.567. The second kappa shape index (κ2) is 6.17. The van der Waals surface area contributed by atoms with Crippen molar-refractivity contribution in [3.8, 4) is 0 Å². The van der Waals surface area contributed by atoms with Gasteiger partial charge in [-0.3, -0.25) is 0 Å². The zero-order valence-corrected chi connectivity index (χ0v) is 12.9. The lowest BCUT2D eigenvalue weighted by molar-refractivity contribution is 0.0297. The average molecular weight is 294 g/mol. The maximum Gasteiger partial charge on any atom is 0.376 e. The summed E-state index contributed by atoms with van der Waals surface area (Å²) in [6.07, 6.45) is 2.00.